The van der Waals surface area contributed by atoms with Crippen molar-refractivity contribution in [2.75, 3.05) is 20.6 Å². The molecule has 1 atom stereocenters. The van der Waals surface area contributed by atoms with Crippen molar-refractivity contribution in [1.82, 2.24) is 14.5 Å². The Bertz CT molecular complexity index is 992. The first-order chi connectivity index (χ1) is 14.1. The monoisotopic (exact) mass is 435 g/mol. The largest absolute Gasteiger partial charge is 0.357 e. The van der Waals surface area contributed by atoms with Gasteiger partial charge in [-0.2, -0.15) is 4.31 Å². The van der Waals surface area contributed by atoms with Gasteiger partial charge in [-0.3, -0.25) is 9.59 Å². The van der Waals surface area contributed by atoms with Crippen LogP contribution < -0.4 is 5.32 Å². The molecule has 30 heavy (non-hydrogen) atoms. The molecule has 0 aliphatic rings. The summed E-state index contributed by atoms with van der Waals surface area (Å²) in [6.07, 6.45) is 0. The SMILES string of the molecule is CNC(=O)C(C)N(Cc1ccc(F)cc1)C(=O)CN(C)S(=O)(=O)c1ccc(C)cc1. The Kier molecular flexibility index (Phi) is 7.69. The number of hydrogen-bond donors (Lipinski definition) is 1. The molecule has 0 aliphatic carbocycles. The number of amides is 2. The minimum absolute atomic E-state index is 0.0338. The van der Waals surface area contributed by atoms with Crippen LogP contribution in [0.2, 0.25) is 0 Å². The highest BCUT2D eigenvalue weighted by atomic mass is 32.2. The molecule has 0 spiro atoms. The van der Waals surface area contributed by atoms with Crippen LogP contribution in [-0.4, -0.2) is 56.1 Å². The number of nitrogens with zero attached hydrogens (tertiary/aromatic N) is 2. The molecule has 0 fully saturated rings. The Morgan fingerprint density at radius 1 is 1.07 bits per heavy atom. The van der Waals surface area contributed by atoms with Crippen molar-refractivity contribution in [3.63, 3.8) is 0 Å². The fourth-order valence-corrected chi connectivity index (χ4v) is 3.95. The Morgan fingerprint density at radius 3 is 2.17 bits per heavy atom. The Balaban J connectivity index is 2.24. The van der Waals surface area contributed by atoms with Crippen LogP contribution in [0, 0.1) is 12.7 Å². The van der Waals surface area contributed by atoms with E-state index in [-0.39, 0.29) is 11.4 Å². The summed E-state index contributed by atoms with van der Waals surface area (Å²) in [5.41, 5.74) is 1.53. The summed E-state index contributed by atoms with van der Waals surface area (Å²) in [5, 5.41) is 2.48. The summed E-state index contributed by atoms with van der Waals surface area (Å²) >= 11 is 0. The lowest BCUT2D eigenvalue weighted by atomic mass is 10.1. The molecule has 2 aromatic carbocycles. The molecule has 0 aromatic heterocycles. The van der Waals surface area contributed by atoms with Gasteiger partial charge in [0.05, 0.1) is 11.4 Å². The van der Waals surface area contributed by atoms with Crippen LogP contribution >= 0.6 is 0 Å². The standard InChI is InChI=1S/C21H26FN3O4S/c1-15-5-11-19(12-6-15)30(28,29)24(4)14-20(26)25(16(2)21(27)23-3)13-17-7-9-18(22)10-8-17/h5-12,16H,13-14H2,1-4H3,(H,23,27). The number of hydrogen-bond acceptors (Lipinski definition) is 4. The molecule has 1 unspecified atom stereocenters. The lowest BCUT2D eigenvalue weighted by molar-refractivity contribution is -0.140. The molecule has 1 N–H and O–H groups in total. The third-order valence-electron chi connectivity index (χ3n) is 4.77. The van der Waals surface area contributed by atoms with E-state index in [0.29, 0.717) is 5.56 Å². The van der Waals surface area contributed by atoms with E-state index in [4.69, 9.17) is 0 Å². The minimum atomic E-state index is -3.88. The first kappa shape index (κ1) is 23.5. The molecule has 9 heteroatoms. The first-order valence-electron chi connectivity index (χ1n) is 9.34. The summed E-state index contributed by atoms with van der Waals surface area (Å²) in [6, 6.07) is 11.0. The summed E-state index contributed by atoms with van der Waals surface area (Å²) in [5.74, 6) is -1.36. The highest BCUT2D eigenvalue weighted by Gasteiger charge is 2.29. The number of halogens is 1. The lowest BCUT2D eigenvalue weighted by Gasteiger charge is -2.30. The number of likely N-dealkylation sites (N-methyl/N-ethyl adjacent to an activating group) is 2. The number of carbonyl (C=O) groups excluding carboxylic acids is 2. The van der Waals surface area contributed by atoms with Crippen molar-refractivity contribution in [2.24, 2.45) is 0 Å². The second-order valence-electron chi connectivity index (χ2n) is 7.01. The van der Waals surface area contributed by atoms with Crippen molar-refractivity contribution in [2.45, 2.75) is 31.3 Å². The molecule has 0 bridgehead atoms. The summed E-state index contributed by atoms with van der Waals surface area (Å²) in [4.78, 5) is 26.5. The first-order valence-corrected chi connectivity index (χ1v) is 10.8. The van der Waals surface area contributed by atoms with E-state index < -0.39 is 40.2 Å². The molecular weight excluding hydrogens is 409 g/mol. The van der Waals surface area contributed by atoms with Crippen LogP contribution in [0.4, 0.5) is 4.39 Å². The van der Waals surface area contributed by atoms with E-state index in [0.717, 1.165) is 9.87 Å². The van der Waals surface area contributed by atoms with Crippen molar-refractivity contribution >= 4 is 21.8 Å². The normalized spacial score (nSPS) is 12.5. The summed E-state index contributed by atoms with van der Waals surface area (Å²) in [6.45, 7) is 2.98. The summed E-state index contributed by atoms with van der Waals surface area (Å²) in [7, 11) is -1.11. The number of nitrogens with one attached hydrogen (secondary N) is 1. The third kappa shape index (κ3) is 5.64. The number of benzene rings is 2. The molecule has 0 saturated heterocycles. The van der Waals surface area contributed by atoms with Gasteiger partial charge >= 0.3 is 0 Å². The van der Waals surface area contributed by atoms with Crippen LogP contribution in [0.25, 0.3) is 0 Å². The smallest absolute Gasteiger partial charge is 0.243 e. The molecule has 7 nitrogen and oxygen atoms in total. The van der Waals surface area contributed by atoms with E-state index >= 15 is 0 Å². The van der Waals surface area contributed by atoms with Crippen molar-refractivity contribution < 1.29 is 22.4 Å². The number of rotatable bonds is 8. The van der Waals surface area contributed by atoms with Gasteiger partial charge in [-0.05, 0) is 43.7 Å². The van der Waals surface area contributed by atoms with Crippen molar-refractivity contribution in [3.8, 4) is 0 Å². The van der Waals surface area contributed by atoms with Gasteiger partial charge < -0.3 is 10.2 Å². The Labute approximate surface area is 176 Å². The quantitative estimate of drug-likeness (QED) is 0.686. The van der Waals surface area contributed by atoms with E-state index in [1.54, 1.807) is 19.1 Å². The molecule has 0 saturated carbocycles. The molecule has 2 aromatic rings. The number of sulfonamides is 1. The van der Waals surface area contributed by atoms with E-state index in [1.807, 2.05) is 6.92 Å². The fourth-order valence-electron chi connectivity index (χ4n) is 2.83. The maximum Gasteiger partial charge on any atom is 0.243 e. The fraction of sp³-hybridized carbons (Fsp3) is 0.333. The molecule has 0 aliphatic heterocycles. The van der Waals surface area contributed by atoms with Crippen molar-refractivity contribution in [1.29, 1.82) is 0 Å². The third-order valence-corrected chi connectivity index (χ3v) is 6.58. The van der Waals surface area contributed by atoms with E-state index in [1.165, 1.54) is 55.4 Å². The van der Waals surface area contributed by atoms with Crippen molar-refractivity contribution in [3.05, 3.63) is 65.5 Å². The van der Waals surface area contributed by atoms with E-state index in [9.17, 15) is 22.4 Å². The Morgan fingerprint density at radius 2 is 1.63 bits per heavy atom. The maximum atomic E-state index is 13.2. The summed E-state index contributed by atoms with van der Waals surface area (Å²) < 4.78 is 39.7. The van der Waals surface area contributed by atoms with Gasteiger partial charge in [0.25, 0.3) is 0 Å². The van der Waals surface area contributed by atoms with Gasteiger partial charge in [0.1, 0.15) is 11.9 Å². The zero-order valence-corrected chi connectivity index (χ0v) is 18.2. The second kappa shape index (κ2) is 9.82. The zero-order valence-electron chi connectivity index (χ0n) is 17.4. The van der Waals surface area contributed by atoms with Gasteiger partial charge in [-0.25, -0.2) is 12.8 Å². The van der Waals surface area contributed by atoms with Crippen LogP contribution in [0.1, 0.15) is 18.1 Å². The second-order valence-corrected chi connectivity index (χ2v) is 9.06. The van der Waals surface area contributed by atoms with Gasteiger partial charge in [0.2, 0.25) is 21.8 Å². The minimum Gasteiger partial charge on any atom is -0.357 e. The highest BCUT2D eigenvalue weighted by Crippen LogP contribution is 2.16. The van der Waals surface area contributed by atoms with Crippen LogP contribution in [-0.2, 0) is 26.2 Å². The van der Waals surface area contributed by atoms with Gasteiger partial charge in [0.15, 0.2) is 0 Å². The number of aryl methyl sites for hydroxylation is 1. The predicted molar refractivity (Wildman–Crippen MR) is 111 cm³/mol. The topological polar surface area (TPSA) is 86.8 Å². The average Bonchev–Trinajstić information content (AvgIpc) is 2.72. The Hall–Kier alpha value is -2.78. The molecule has 0 radical (unpaired) electrons. The average molecular weight is 436 g/mol. The van der Waals surface area contributed by atoms with Crippen LogP contribution in [0.15, 0.2) is 53.4 Å². The molecular formula is C21H26FN3O4S. The zero-order chi connectivity index (χ0) is 22.5. The predicted octanol–water partition coefficient (Wildman–Crippen LogP) is 1.92. The molecule has 2 amide bonds. The van der Waals surface area contributed by atoms with Crippen LogP contribution in [0.3, 0.4) is 0 Å². The van der Waals surface area contributed by atoms with Crippen LogP contribution in [0.5, 0.6) is 0 Å². The molecule has 0 heterocycles. The lowest BCUT2D eigenvalue weighted by Crippen LogP contribution is -2.50. The molecule has 162 valence electrons. The van der Waals surface area contributed by atoms with Gasteiger partial charge in [0, 0.05) is 20.6 Å². The highest BCUT2D eigenvalue weighted by molar-refractivity contribution is 7.89. The molecule has 2 rings (SSSR count). The maximum absolute atomic E-state index is 13.2. The van der Waals surface area contributed by atoms with Gasteiger partial charge in [-0.15, -0.1) is 0 Å². The van der Waals surface area contributed by atoms with Gasteiger partial charge in [-0.1, -0.05) is 29.8 Å². The van der Waals surface area contributed by atoms with E-state index in [2.05, 4.69) is 5.32 Å². The number of carbonyl (C=O) groups is 2.